The summed E-state index contributed by atoms with van der Waals surface area (Å²) in [6.07, 6.45) is 1.81. The topological polar surface area (TPSA) is 75.7 Å². The SMILES string of the molecule is COc1ccc(N(CCCC(=O)NCC(C)C)S(C)(=O)=O)cc1Cl. The number of nitrogens with one attached hydrogen (secondary N) is 1. The van der Waals surface area contributed by atoms with Crippen LogP contribution in [0, 0.1) is 5.92 Å². The van der Waals surface area contributed by atoms with E-state index in [-0.39, 0.29) is 18.9 Å². The van der Waals surface area contributed by atoms with E-state index in [9.17, 15) is 13.2 Å². The molecule has 0 atom stereocenters. The molecule has 0 saturated carbocycles. The normalized spacial score (nSPS) is 11.4. The van der Waals surface area contributed by atoms with Crippen molar-refractivity contribution in [3.05, 3.63) is 23.2 Å². The molecule has 0 aliphatic carbocycles. The third-order valence-corrected chi connectivity index (χ3v) is 4.79. The number of nitrogens with zero attached hydrogens (tertiary/aromatic N) is 1. The van der Waals surface area contributed by atoms with E-state index in [2.05, 4.69) is 5.32 Å². The Morgan fingerprint density at radius 2 is 2.04 bits per heavy atom. The first-order valence-electron chi connectivity index (χ1n) is 7.73. The minimum absolute atomic E-state index is 0.0788. The van der Waals surface area contributed by atoms with Crippen LogP contribution in [-0.2, 0) is 14.8 Å². The summed E-state index contributed by atoms with van der Waals surface area (Å²) >= 11 is 6.07. The molecule has 1 aromatic carbocycles. The Hall–Kier alpha value is -1.47. The van der Waals surface area contributed by atoms with Crippen molar-refractivity contribution < 1.29 is 17.9 Å². The lowest BCUT2D eigenvalue weighted by Crippen LogP contribution is -2.32. The van der Waals surface area contributed by atoms with Gasteiger partial charge in [0.1, 0.15) is 5.75 Å². The third-order valence-electron chi connectivity index (χ3n) is 3.30. The molecule has 1 rings (SSSR count). The zero-order valence-electron chi connectivity index (χ0n) is 14.5. The summed E-state index contributed by atoms with van der Waals surface area (Å²) in [5, 5.41) is 3.15. The molecule has 136 valence electrons. The quantitative estimate of drug-likeness (QED) is 0.718. The molecule has 1 amide bonds. The second-order valence-electron chi connectivity index (χ2n) is 5.96. The number of hydrogen-bond donors (Lipinski definition) is 1. The fourth-order valence-corrected chi connectivity index (χ4v) is 3.30. The van der Waals surface area contributed by atoms with Crippen molar-refractivity contribution in [2.75, 3.05) is 30.8 Å². The fraction of sp³-hybridized carbons (Fsp3) is 0.562. The summed E-state index contributed by atoms with van der Waals surface area (Å²) in [6.45, 7) is 4.84. The summed E-state index contributed by atoms with van der Waals surface area (Å²) in [7, 11) is -1.98. The molecule has 24 heavy (non-hydrogen) atoms. The number of anilines is 1. The van der Waals surface area contributed by atoms with Crippen molar-refractivity contribution in [3.8, 4) is 5.75 Å². The van der Waals surface area contributed by atoms with Gasteiger partial charge in [-0.2, -0.15) is 0 Å². The molecule has 0 saturated heterocycles. The fourth-order valence-electron chi connectivity index (χ4n) is 2.09. The minimum atomic E-state index is -3.48. The maximum atomic E-state index is 12.0. The maximum absolute atomic E-state index is 12.0. The number of rotatable bonds is 9. The van der Waals surface area contributed by atoms with Gasteiger partial charge in [0, 0.05) is 19.5 Å². The van der Waals surface area contributed by atoms with Crippen LogP contribution in [0.5, 0.6) is 5.75 Å². The van der Waals surface area contributed by atoms with Crippen LogP contribution in [-0.4, -0.2) is 40.8 Å². The van der Waals surface area contributed by atoms with E-state index in [0.717, 1.165) is 6.26 Å². The smallest absolute Gasteiger partial charge is 0.232 e. The summed E-state index contributed by atoms with van der Waals surface area (Å²) in [4.78, 5) is 11.7. The average Bonchev–Trinajstić information content (AvgIpc) is 2.48. The second-order valence-corrected chi connectivity index (χ2v) is 8.27. The van der Waals surface area contributed by atoms with Crippen LogP contribution in [0.3, 0.4) is 0 Å². The monoisotopic (exact) mass is 376 g/mol. The van der Waals surface area contributed by atoms with Gasteiger partial charge in [-0.15, -0.1) is 0 Å². The first-order chi connectivity index (χ1) is 11.1. The van der Waals surface area contributed by atoms with E-state index >= 15 is 0 Å². The summed E-state index contributed by atoms with van der Waals surface area (Å²) in [6, 6.07) is 4.79. The van der Waals surface area contributed by atoms with Gasteiger partial charge in [0.2, 0.25) is 15.9 Å². The zero-order chi connectivity index (χ0) is 18.3. The lowest BCUT2D eigenvalue weighted by atomic mass is 10.2. The highest BCUT2D eigenvalue weighted by Gasteiger charge is 2.19. The number of ether oxygens (including phenoxy) is 1. The summed E-state index contributed by atoms with van der Waals surface area (Å²) in [5.74, 6) is 0.773. The van der Waals surface area contributed by atoms with Gasteiger partial charge in [-0.3, -0.25) is 9.10 Å². The first kappa shape index (κ1) is 20.6. The lowest BCUT2D eigenvalue weighted by molar-refractivity contribution is -0.121. The van der Waals surface area contributed by atoms with Gasteiger partial charge in [-0.1, -0.05) is 25.4 Å². The Kier molecular flexibility index (Phi) is 7.83. The number of sulfonamides is 1. The highest BCUT2D eigenvalue weighted by Crippen LogP contribution is 2.30. The van der Waals surface area contributed by atoms with Gasteiger partial charge >= 0.3 is 0 Å². The molecule has 0 aliphatic rings. The Morgan fingerprint density at radius 3 is 2.54 bits per heavy atom. The molecule has 0 spiro atoms. The molecule has 0 heterocycles. The molecule has 8 heteroatoms. The van der Waals surface area contributed by atoms with E-state index in [0.29, 0.717) is 35.3 Å². The van der Waals surface area contributed by atoms with E-state index in [1.54, 1.807) is 18.2 Å². The molecule has 1 N–H and O–H groups in total. The number of halogens is 1. The van der Waals surface area contributed by atoms with Gasteiger partial charge in [0.25, 0.3) is 0 Å². The van der Waals surface area contributed by atoms with Gasteiger partial charge in [-0.25, -0.2) is 8.42 Å². The molecule has 0 unspecified atom stereocenters. The van der Waals surface area contributed by atoms with E-state index in [4.69, 9.17) is 16.3 Å². The number of amides is 1. The van der Waals surface area contributed by atoms with Crippen LogP contribution in [0.15, 0.2) is 18.2 Å². The molecule has 1 aromatic rings. The maximum Gasteiger partial charge on any atom is 0.232 e. The van der Waals surface area contributed by atoms with E-state index in [1.165, 1.54) is 11.4 Å². The van der Waals surface area contributed by atoms with Crippen LogP contribution < -0.4 is 14.4 Å². The number of benzene rings is 1. The third kappa shape index (κ3) is 6.57. The Bertz CT molecular complexity index is 662. The summed E-state index contributed by atoms with van der Waals surface area (Å²) in [5.41, 5.74) is 0.450. The predicted molar refractivity (Wildman–Crippen MR) is 97.3 cm³/mol. The van der Waals surface area contributed by atoms with Crippen molar-refractivity contribution in [1.82, 2.24) is 5.32 Å². The lowest BCUT2D eigenvalue weighted by Gasteiger charge is -2.23. The number of carbonyl (C=O) groups excluding carboxylic acids is 1. The number of methoxy groups -OCH3 is 1. The Balaban J connectivity index is 2.74. The number of carbonyl (C=O) groups is 1. The highest BCUT2D eigenvalue weighted by atomic mass is 35.5. The Labute approximate surface area is 149 Å². The van der Waals surface area contributed by atoms with Crippen molar-refractivity contribution in [2.45, 2.75) is 26.7 Å². The largest absolute Gasteiger partial charge is 0.495 e. The predicted octanol–water partition coefficient (Wildman–Crippen LogP) is 2.67. The van der Waals surface area contributed by atoms with Crippen LogP contribution in [0.25, 0.3) is 0 Å². The Morgan fingerprint density at radius 1 is 1.38 bits per heavy atom. The van der Waals surface area contributed by atoms with Crippen molar-refractivity contribution in [1.29, 1.82) is 0 Å². The molecular formula is C16H25ClN2O4S. The van der Waals surface area contributed by atoms with Crippen molar-refractivity contribution in [2.24, 2.45) is 5.92 Å². The summed E-state index contributed by atoms with van der Waals surface area (Å²) < 4.78 is 30.4. The van der Waals surface area contributed by atoms with Crippen molar-refractivity contribution >= 4 is 33.2 Å². The zero-order valence-corrected chi connectivity index (χ0v) is 16.1. The van der Waals surface area contributed by atoms with Gasteiger partial charge < -0.3 is 10.1 Å². The molecule has 6 nitrogen and oxygen atoms in total. The van der Waals surface area contributed by atoms with E-state index in [1.807, 2.05) is 13.8 Å². The molecule has 0 radical (unpaired) electrons. The molecule has 0 aromatic heterocycles. The van der Waals surface area contributed by atoms with Crippen LogP contribution in [0.4, 0.5) is 5.69 Å². The molecule has 0 aliphatic heterocycles. The van der Waals surface area contributed by atoms with Gasteiger partial charge in [0.05, 0.1) is 24.1 Å². The highest BCUT2D eigenvalue weighted by molar-refractivity contribution is 7.92. The molecule has 0 bridgehead atoms. The van der Waals surface area contributed by atoms with Gasteiger partial charge in [-0.05, 0) is 30.5 Å². The average molecular weight is 377 g/mol. The molecular weight excluding hydrogens is 352 g/mol. The second kappa shape index (κ2) is 9.13. The van der Waals surface area contributed by atoms with Crippen molar-refractivity contribution in [3.63, 3.8) is 0 Å². The van der Waals surface area contributed by atoms with E-state index < -0.39 is 10.0 Å². The minimum Gasteiger partial charge on any atom is -0.495 e. The van der Waals surface area contributed by atoms with Crippen LogP contribution in [0.2, 0.25) is 5.02 Å². The standard InChI is InChI=1S/C16H25ClN2O4S/c1-12(2)11-18-16(20)6-5-9-19(24(4,21)22)13-7-8-15(23-3)14(17)10-13/h7-8,10,12H,5-6,9,11H2,1-4H3,(H,18,20). The van der Waals surface area contributed by atoms with Crippen LogP contribution >= 0.6 is 11.6 Å². The number of hydrogen-bond acceptors (Lipinski definition) is 4. The first-order valence-corrected chi connectivity index (χ1v) is 9.95. The van der Waals surface area contributed by atoms with Crippen LogP contribution in [0.1, 0.15) is 26.7 Å². The molecule has 0 fully saturated rings. The van der Waals surface area contributed by atoms with Gasteiger partial charge in [0.15, 0.2) is 0 Å².